The summed E-state index contributed by atoms with van der Waals surface area (Å²) in [5.74, 6) is 0.369. The average Bonchev–Trinajstić information content (AvgIpc) is 2.54. The third-order valence-electron chi connectivity index (χ3n) is 4.64. The lowest BCUT2D eigenvalue weighted by molar-refractivity contribution is -0.140. The van der Waals surface area contributed by atoms with Crippen molar-refractivity contribution in [2.45, 2.75) is 58.0 Å². The maximum Gasteiger partial charge on any atom is 0.249 e. The summed E-state index contributed by atoms with van der Waals surface area (Å²) in [6.45, 7) is 6.03. The van der Waals surface area contributed by atoms with E-state index in [0.29, 0.717) is 25.5 Å². The quantitative estimate of drug-likeness (QED) is 0.295. The number of carbonyl (C=O) groups is 2. The molecule has 0 bridgehead atoms. The Morgan fingerprint density at radius 1 is 1.16 bits per heavy atom. The van der Waals surface area contributed by atoms with Gasteiger partial charge >= 0.3 is 0 Å². The summed E-state index contributed by atoms with van der Waals surface area (Å²) >= 11 is 0. The Labute approximate surface area is 150 Å². The molecule has 2 amide bonds. The molecule has 1 rings (SSSR count). The molecule has 1 saturated heterocycles. The average molecular weight is 355 g/mol. The zero-order chi connectivity index (χ0) is 18.9. The van der Waals surface area contributed by atoms with Gasteiger partial charge in [0, 0.05) is 32.7 Å². The van der Waals surface area contributed by atoms with Crippen LogP contribution >= 0.6 is 0 Å². The number of nitrogens with zero attached hydrogens (tertiary/aromatic N) is 2. The molecule has 1 aliphatic heterocycles. The number of piperidine rings is 1. The highest BCUT2D eigenvalue weighted by molar-refractivity contribution is 5.82. The summed E-state index contributed by atoms with van der Waals surface area (Å²) in [5, 5.41) is 0. The van der Waals surface area contributed by atoms with Crippen molar-refractivity contribution >= 4 is 17.8 Å². The van der Waals surface area contributed by atoms with Crippen molar-refractivity contribution in [3.8, 4) is 0 Å². The smallest absolute Gasteiger partial charge is 0.249 e. The van der Waals surface area contributed by atoms with Crippen LogP contribution in [-0.2, 0) is 14.3 Å². The molecule has 144 valence electrons. The lowest BCUT2D eigenvalue weighted by Crippen LogP contribution is -2.41. The van der Waals surface area contributed by atoms with Gasteiger partial charge < -0.3 is 26.8 Å². The van der Waals surface area contributed by atoms with E-state index < -0.39 is 11.5 Å². The van der Waals surface area contributed by atoms with E-state index in [0.717, 1.165) is 45.2 Å². The van der Waals surface area contributed by atoms with E-state index in [9.17, 15) is 9.59 Å². The summed E-state index contributed by atoms with van der Waals surface area (Å²) in [6, 6.07) is 0. The molecule has 0 atom stereocenters. The van der Waals surface area contributed by atoms with Crippen LogP contribution in [0, 0.1) is 5.92 Å². The zero-order valence-corrected chi connectivity index (χ0v) is 15.5. The van der Waals surface area contributed by atoms with Crippen molar-refractivity contribution < 1.29 is 14.3 Å². The van der Waals surface area contributed by atoms with Crippen molar-refractivity contribution in [3.05, 3.63) is 0 Å². The van der Waals surface area contributed by atoms with E-state index >= 15 is 0 Å². The molecule has 8 nitrogen and oxygen atoms in total. The van der Waals surface area contributed by atoms with E-state index in [4.69, 9.17) is 21.9 Å². The van der Waals surface area contributed by atoms with Gasteiger partial charge in [0.25, 0.3) is 0 Å². The summed E-state index contributed by atoms with van der Waals surface area (Å²) in [4.78, 5) is 29.2. The first-order chi connectivity index (χ1) is 11.7. The first-order valence-electron chi connectivity index (χ1n) is 8.99. The van der Waals surface area contributed by atoms with Crippen molar-refractivity contribution in [1.82, 2.24) is 4.90 Å². The van der Waals surface area contributed by atoms with E-state index in [1.165, 1.54) is 0 Å². The standard InChI is InChI=1S/C17H33N5O3/c1-17(2,15(18)24)25-12-8-13-6-10-22(11-7-13)14(23)5-3-4-9-21-16(19)20/h13H,3-12H2,1-2H3,(H2,18,24)(H4,19,20,21). The van der Waals surface area contributed by atoms with Gasteiger partial charge in [-0.25, -0.2) is 0 Å². The van der Waals surface area contributed by atoms with Gasteiger partial charge in [-0.2, -0.15) is 0 Å². The highest BCUT2D eigenvalue weighted by atomic mass is 16.5. The number of aliphatic imine (C=N–C) groups is 1. The molecule has 0 spiro atoms. The molecule has 0 aromatic heterocycles. The molecule has 0 saturated carbocycles. The lowest BCUT2D eigenvalue weighted by Gasteiger charge is -2.32. The number of carbonyl (C=O) groups excluding carboxylic acids is 2. The Kier molecular flexibility index (Phi) is 8.68. The van der Waals surface area contributed by atoms with E-state index in [2.05, 4.69) is 4.99 Å². The van der Waals surface area contributed by atoms with Crippen LogP contribution in [0.5, 0.6) is 0 Å². The van der Waals surface area contributed by atoms with E-state index in [-0.39, 0.29) is 11.9 Å². The minimum Gasteiger partial charge on any atom is -0.370 e. The van der Waals surface area contributed by atoms with Crippen LogP contribution in [-0.4, -0.2) is 54.5 Å². The van der Waals surface area contributed by atoms with E-state index in [1.54, 1.807) is 13.8 Å². The van der Waals surface area contributed by atoms with Gasteiger partial charge in [-0.3, -0.25) is 14.6 Å². The monoisotopic (exact) mass is 355 g/mol. The van der Waals surface area contributed by atoms with Crippen LogP contribution in [0.3, 0.4) is 0 Å². The largest absolute Gasteiger partial charge is 0.370 e. The summed E-state index contributed by atoms with van der Waals surface area (Å²) in [7, 11) is 0. The molecule has 1 aliphatic rings. The van der Waals surface area contributed by atoms with Crippen LogP contribution in [0.2, 0.25) is 0 Å². The van der Waals surface area contributed by atoms with Gasteiger partial charge in [0.1, 0.15) is 5.60 Å². The Bertz CT molecular complexity index is 467. The number of ether oxygens (including phenoxy) is 1. The topological polar surface area (TPSA) is 137 Å². The number of hydrogen-bond acceptors (Lipinski definition) is 4. The molecule has 1 fully saturated rings. The number of nitrogens with two attached hydrogens (primary N) is 3. The highest BCUT2D eigenvalue weighted by Crippen LogP contribution is 2.22. The highest BCUT2D eigenvalue weighted by Gasteiger charge is 2.27. The van der Waals surface area contributed by atoms with Gasteiger partial charge in [0.2, 0.25) is 11.8 Å². The second-order valence-corrected chi connectivity index (χ2v) is 7.10. The van der Waals surface area contributed by atoms with Crippen LogP contribution in [0.1, 0.15) is 52.4 Å². The summed E-state index contributed by atoms with van der Waals surface area (Å²) in [6.07, 6.45) is 4.98. The molecule has 0 aromatic carbocycles. The van der Waals surface area contributed by atoms with Gasteiger partial charge in [0.15, 0.2) is 5.96 Å². The fourth-order valence-electron chi connectivity index (χ4n) is 2.78. The third-order valence-corrected chi connectivity index (χ3v) is 4.64. The molecular weight excluding hydrogens is 322 g/mol. The Balaban J connectivity index is 2.17. The van der Waals surface area contributed by atoms with Crippen molar-refractivity contribution in [2.75, 3.05) is 26.2 Å². The first-order valence-corrected chi connectivity index (χ1v) is 8.99. The zero-order valence-electron chi connectivity index (χ0n) is 15.5. The van der Waals surface area contributed by atoms with Gasteiger partial charge in [-0.05, 0) is 51.9 Å². The third kappa shape index (κ3) is 8.20. The number of likely N-dealkylation sites (tertiary alicyclic amines) is 1. The number of amides is 2. The predicted molar refractivity (Wildman–Crippen MR) is 97.7 cm³/mol. The van der Waals surface area contributed by atoms with Crippen LogP contribution in [0.25, 0.3) is 0 Å². The van der Waals surface area contributed by atoms with E-state index in [1.807, 2.05) is 4.90 Å². The van der Waals surface area contributed by atoms with Gasteiger partial charge in [-0.15, -0.1) is 0 Å². The second kappa shape index (κ2) is 10.2. The fraction of sp³-hybridized carbons (Fsp3) is 0.824. The number of rotatable bonds is 10. The maximum absolute atomic E-state index is 12.2. The van der Waals surface area contributed by atoms with Crippen molar-refractivity contribution in [1.29, 1.82) is 0 Å². The second-order valence-electron chi connectivity index (χ2n) is 7.10. The predicted octanol–water partition coefficient (Wildman–Crippen LogP) is 0.339. The number of hydrogen-bond donors (Lipinski definition) is 3. The lowest BCUT2D eigenvalue weighted by atomic mass is 9.93. The molecule has 1 heterocycles. The minimum atomic E-state index is -0.921. The van der Waals surface area contributed by atoms with Crippen LogP contribution < -0.4 is 17.2 Å². The van der Waals surface area contributed by atoms with Crippen molar-refractivity contribution in [2.24, 2.45) is 28.1 Å². The Morgan fingerprint density at radius 3 is 2.36 bits per heavy atom. The molecule has 0 radical (unpaired) electrons. The molecule has 8 heteroatoms. The summed E-state index contributed by atoms with van der Waals surface area (Å²) < 4.78 is 5.58. The van der Waals surface area contributed by atoms with Crippen LogP contribution in [0.15, 0.2) is 4.99 Å². The molecule has 0 unspecified atom stereocenters. The molecule has 0 aliphatic carbocycles. The normalized spacial score (nSPS) is 15.8. The first kappa shape index (κ1) is 21.2. The molecular formula is C17H33N5O3. The maximum atomic E-state index is 12.2. The Hall–Kier alpha value is -1.83. The SMILES string of the molecule is CC(C)(OCCC1CCN(C(=O)CCCCN=C(N)N)CC1)C(N)=O. The molecule has 6 N–H and O–H groups in total. The van der Waals surface area contributed by atoms with Gasteiger partial charge in [-0.1, -0.05) is 0 Å². The minimum absolute atomic E-state index is 0.0941. The molecule has 25 heavy (non-hydrogen) atoms. The number of primary amides is 1. The summed E-state index contributed by atoms with van der Waals surface area (Å²) in [5.41, 5.74) is 14.9. The van der Waals surface area contributed by atoms with Crippen LogP contribution in [0.4, 0.5) is 0 Å². The number of unbranched alkanes of at least 4 members (excludes halogenated alkanes) is 1. The molecule has 0 aromatic rings. The fourth-order valence-corrected chi connectivity index (χ4v) is 2.78. The van der Waals surface area contributed by atoms with Crippen molar-refractivity contribution in [3.63, 3.8) is 0 Å². The Morgan fingerprint density at radius 2 is 1.80 bits per heavy atom. The number of guanidine groups is 1. The van der Waals surface area contributed by atoms with Gasteiger partial charge in [0.05, 0.1) is 0 Å².